The molecule has 0 aromatic rings. The minimum atomic E-state index is -0.603. The van der Waals surface area contributed by atoms with Crippen LogP contribution in [0.3, 0.4) is 0 Å². The summed E-state index contributed by atoms with van der Waals surface area (Å²) in [6.45, 7) is 6.63. The molecule has 0 aromatic carbocycles. The number of nitrogens with two attached hydrogens (primary N) is 1. The number of nitrogens with one attached hydrogen (secondary N) is 1. The Morgan fingerprint density at radius 3 is 2.38 bits per heavy atom. The number of nitrogens with zero attached hydrogens (tertiary/aromatic N) is 1. The van der Waals surface area contributed by atoms with E-state index in [-0.39, 0.29) is 30.9 Å². The maximum absolute atomic E-state index is 12.1. The van der Waals surface area contributed by atoms with Gasteiger partial charge >= 0.3 is 0 Å². The summed E-state index contributed by atoms with van der Waals surface area (Å²) < 4.78 is 0. The quantitative estimate of drug-likeness (QED) is 0.484. The first-order valence-electron chi connectivity index (χ1n) is 7.85. The van der Waals surface area contributed by atoms with Crippen LogP contribution in [-0.4, -0.2) is 54.1 Å². The molecule has 4 N–H and O–H groups in total. The van der Waals surface area contributed by atoms with E-state index in [0.29, 0.717) is 13.1 Å². The average Bonchev–Trinajstić information content (AvgIpc) is 2.46. The fraction of sp³-hybridized carbons (Fsp3) is 0.867. The van der Waals surface area contributed by atoms with E-state index in [1.807, 2.05) is 13.8 Å². The van der Waals surface area contributed by atoms with Crippen molar-refractivity contribution in [3.8, 4) is 0 Å². The van der Waals surface area contributed by atoms with Gasteiger partial charge in [0.25, 0.3) is 0 Å². The molecule has 0 rings (SSSR count). The van der Waals surface area contributed by atoms with Crippen molar-refractivity contribution >= 4 is 11.8 Å². The van der Waals surface area contributed by atoms with Crippen molar-refractivity contribution in [1.29, 1.82) is 0 Å². The molecule has 0 bridgehead atoms. The number of unbranched alkanes of at least 4 members (excludes halogenated alkanes) is 3. The molecule has 0 aliphatic rings. The molecule has 0 aromatic heterocycles. The lowest BCUT2D eigenvalue weighted by Crippen LogP contribution is -2.48. The predicted octanol–water partition coefficient (Wildman–Crippen LogP) is 0.487. The number of amides is 2. The summed E-state index contributed by atoms with van der Waals surface area (Å²) in [6, 6.07) is -0.603. The van der Waals surface area contributed by atoms with E-state index in [2.05, 4.69) is 12.2 Å². The number of rotatable bonds is 11. The molecular weight excluding hydrogens is 270 g/mol. The number of aliphatic hydroxyl groups is 1. The molecule has 0 aliphatic carbocycles. The van der Waals surface area contributed by atoms with Gasteiger partial charge in [0, 0.05) is 13.1 Å². The van der Waals surface area contributed by atoms with E-state index in [1.165, 1.54) is 0 Å². The van der Waals surface area contributed by atoms with Crippen LogP contribution in [0.4, 0.5) is 0 Å². The topological polar surface area (TPSA) is 95.7 Å². The molecule has 2 amide bonds. The number of hydrogen-bond acceptors (Lipinski definition) is 4. The molecule has 0 aliphatic heterocycles. The van der Waals surface area contributed by atoms with Crippen LogP contribution in [0.15, 0.2) is 0 Å². The van der Waals surface area contributed by atoms with Crippen molar-refractivity contribution in [2.45, 2.75) is 52.5 Å². The lowest BCUT2D eigenvalue weighted by atomic mass is 10.1. The van der Waals surface area contributed by atoms with Crippen LogP contribution in [0.1, 0.15) is 46.5 Å². The highest BCUT2D eigenvalue weighted by atomic mass is 16.3. The van der Waals surface area contributed by atoms with Crippen LogP contribution in [-0.2, 0) is 9.59 Å². The third kappa shape index (κ3) is 8.67. The normalized spacial score (nSPS) is 12.3. The molecular formula is C15H31N3O3. The Labute approximate surface area is 128 Å². The van der Waals surface area contributed by atoms with E-state index in [0.717, 1.165) is 25.7 Å². The van der Waals surface area contributed by atoms with Crippen LogP contribution in [0.25, 0.3) is 0 Å². The zero-order valence-corrected chi connectivity index (χ0v) is 13.6. The summed E-state index contributed by atoms with van der Waals surface area (Å²) in [5.41, 5.74) is 5.72. The Bertz CT molecular complexity index is 309. The Balaban J connectivity index is 4.19. The van der Waals surface area contributed by atoms with Gasteiger partial charge in [-0.05, 0) is 12.3 Å². The molecule has 0 spiro atoms. The van der Waals surface area contributed by atoms with Crippen molar-refractivity contribution in [2.75, 3.05) is 26.2 Å². The van der Waals surface area contributed by atoms with Gasteiger partial charge in [-0.1, -0.05) is 40.0 Å². The molecule has 6 nitrogen and oxygen atoms in total. The number of hydrogen-bond donors (Lipinski definition) is 3. The second-order valence-corrected chi connectivity index (χ2v) is 5.65. The number of carbonyl (C=O) groups is 2. The largest absolute Gasteiger partial charge is 0.395 e. The van der Waals surface area contributed by atoms with Gasteiger partial charge in [-0.25, -0.2) is 0 Å². The van der Waals surface area contributed by atoms with Crippen LogP contribution in [0.5, 0.6) is 0 Å². The van der Waals surface area contributed by atoms with Crippen LogP contribution in [0.2, 0.25) is 0 Å². The summed E-state index contributed by atoms with van der Waals surface area (Å²) in [6.07, 6.45) is 4.26. The molecule has 0 radical (unpaired) electrons. The molecule has 0 unspecified atom stereocenters. The maximum Gasteiger partial charge on any atom is 0.242 e. The Morgan fingerprint density at radius 1 is 1.19 bits per heavy atom. The van der Waals surface area contributed by atoms with E-state index in [1.54, 1.807) is 4.90 Å². The predicted molar refractivity (Wildman–Crippen MR) is 83.6 cm³/mol. The van der Waals surface area contributed by atoms with Crippen molar-refractivity contribution in [3.05, 3.63) is 0 Å². The third-order valence-corrected chi connectivity index (χ3v) is 3.44. The highest BCUT2D eigenvalue weighted by Crippen LogP contribution is 2.02. The van der Waals surface area contributed by atoms with Gasteiger partial charge in [-0.3, -0.25) is 9.59 Å². The zero-order chi connectivity index (χ0) is 16.3. The molecule has 124 valence electrons. The summed E-state index contributed by atoms with van der Waals surface area (Å²) in [5, 5.41) is 11.6. The molecule has 21 heavy (non-hydrogen) atoms. The summed E-state index contributed by atoms with van der Waals surface area (Å²) in [5.74, 6) is -0.458. The van der Waals surface area contributed by atoms with Crippen molar-refractivity contribution < 1.29 is 14.7 Å². The highest BCUT2D eigenvalue weighted by Gasteiger charge is 2.19. The van der Waals surface area contributed by atoms with Gasteiger partial charge in [0.1, 0.15) is 0 Å². The van der Waals surface area contributed by atoms with E-state index < -0.39 is 6.04 Å². The summed E-state index contributed by atoms with van der Waals surface area (Å²) >= 11 is 0. The maximum atomic E-state index is 12.1. The first kappa shape index (κ1) is 19.9. The smallest absolute Gasteiger partial charge is 0.242 e. The molecule has 0 heterocycles. The van der Waals surface area contributed by atoms with Crippen LogP contribution in [0, 0.1) is 5.92 Å². The van der Waals surface area contributed by atoms with Gasteiger partial charge in [0.05, 0.1) is 19.2 Å². The minimum absolute atomic E-state index is 0.0303. The van der Waals surface area contributed by atoms with E-state index in [4.69, 9.17) is 10.8 Å². The van der Waals surface area contributed by atoms with Crippen LogP contribution < -0.4 is 11.1 Å². The average molecular weight is 301 g/mol. The molecule has 6 heteroatoms. The molecule has 1 atom stereocenters. The van der Waals surface area contributed by atoms with Gasteiger partial charge in [0.15, 0.2) is 0 Å². The zero-order valence-electron chi connectivity index (χ0n) is 13.6. The Morgan fingerprint density at radius 2 is 1.86 bits per heavy atom. The summed E-state index contributed by atoms with van der Waals surface area (Å²) in [7, 11) is 0. The molecule has 0 fully saturated rings. The second-order valence-electron chi connectivity index (χ2n) is 5.65. The lowest BCUT2D eigenvalue weighted by Gasteiger charge is -2.23. The lowest BCUT2D eigenvalue weighted by molar-refractivity contribution is -0.133. The first-order chi connectivity index (χ1) is 9.93. The second kappa shape index (κ2) is 11.5. The fourth-order valence-corrected chi connectivity index (χ4v) is 1.91. The highest BCUT2D eigenvalue weighted by molar-refractivity contribution is 5.87. The van der Waals surface area contributed by atoms with Gasteiger partial charge in [-0.15, -0.1) is 0 Å². The number of aliphatic hydroxyl groups excluding tert-OH is 1. The van der Waals surface area contributed by atoms with Crippen molar-refractivity contribution in [2.24, 2.45) is 11.7 Å². The first-order valence-corrected chi connectivity index (χ1v) is 7.85. The molecule has 0 saturated heterocycles. The minimum Gasteiger partial charge on any atom is -0.395 e. The van der Waals surface area contributed by atoms with Crippen LogP contribution >= 0.6 is 0 Å². The van der Waals surface area contributed by atoms with Gasteiger partial charge in [-0.2, -0.15) is 0 Å². The third-order valence-electron chi connectivity index (χ3n) is 3.44. The Hall–Kier alpha value is -1.14. The standard InChI is InChI=1S/C15H31N3O3/c1-4-5-6-7-8-18(9-10-19)13(20)11-17-15(21)14(16)12(2)3/h12,14,19H,4-11,16H2,1-3H3,(H,17,21)/t14-/m0/s1. The monoisotopic (exact) mass is 301 g/mol. The van der Waals surface area contributed by atoms with Crippen molar-refractivity contribution in [1.82, 2.24) is 10.2 Å². The fourth-order valence-electron chi connectivity index (χ4n) is 1.91. The Kier molecular flexibility index (Phi) is 10.9. The van der Waals surface area contributed by atoms with Gasteiger partial charge in [0.2, 0.25) is 11.8 Å². The van der Waals surface area contributed by atoms with E-state index in [9.17, 15) is 9.59 Å². The molecule has 0 saturated carbocycles. The number of carbonyl (C=O) groups excluding carboxylic acids is 2. The summed E-state index contributed by atoms with van der Waals surface area (Å²) in [4.78, 5) is 25.4. The SMILES string of the molecule is CCCCCCN(CCO)C(=O)CNC(=O)[C@@H](N)C(C)C. The van der Waals surface area contributed by atoms with Crippen molar-refractivity contribution in [3.63, 3.8) is 0 Å². The van der Waals surface area contributed by atoms with Gasteiger partial charge < -0.3 is 21.1 Å². The van der Waals surface area contributed by atoms with E-state index >= 15 is 0 Å².